The Kier molecular flexibility index (Phi) is 4.49. The highest BCUT2D eigenvalue weighted by atomic mass is 35.5. The lowest BCUT2D eigenvalue weighted by Crippen LogP contribution is -2.00. The summed E-state index contributed by atoms with van der Waals surface area (Å²) in [6.07, 6.45) is 0. The van der Waals surface area contributed by atoms with Crippen LogP contribution in [0.15, 0.2) is 23.7 Å². The second kappa shape index (κ2) is 6.59. The first kappa shape index (κ1) is 17.0. The topological polar surface area (TPSA) is 105 Å². The number of aryl methyl sites for hydroxylation is 1. The van der Waals surface area contributed by atoms with Crippen molar-refractivity contribution < 1.29 is 9.84 Å². The van der Waals surface area contributed by atoms with Crippen molar-refractivity contribution in [2.75, 3.05) is 12.8 Å². The van der Waals surface area contributed by atoms with E-state index in [1.54, 1.807) is 17.6 Å². The number of ether oxygens (including phenoxy) is 1. The number of nitrogens with two attached hydrogens (primary N) is 1. The Morgan fingerprint density at radius 2 is 2.08 bits per heavy atom. The molecular weight excluding hydrogens is 360 g/mol. The van der Waals surface area contributed by atoms with Crippen LogP contribution in [0, 0.1) is 18.3 Å². The number of halogens is 1. The largest absolute Gasteiger partial charge is 0.504 e. The fourth-order valence-electron chi connectivity index (χ4n) is 2.47. The lowest BCUT2D eigenvalue weighted by atomic mass is 9.99. The van der Waals surface area contributed by atoms with E-state index in [0.29, 0.717) is 16.8 Å². The summed E-state index contributed by atoms with van der Waals surface area (Å²) < 4.78 is 5.14. The zero-order valence-corrected chi connectivity index (χ0v) is 14.9. The van der Waals surface area contributed by atoms with Crippen molar-refractivity contribution >= 4 is 28.8 Å². The Bertz CT molecular complexity index is 1010. The number of aromatic nitrogens is 2. The van der Waals surface area contributed by atoms with Gasteiger partial charge in [-0.05, 0) is 19.1 Å². The van der Waals surface area contributed by atoms with Gasteiger partial charge in [0, 0.05) is 17.2 Å². The van der Waals surface area contributed by atoms with E-state index in [-0.39, 0.29) is 27.9 Å². The number of aromatic hydroxyl groups is 1. The third-order valence-corrected chi connectivity index (χ3v) is 4.96. The molecule has 0 atom stereocenters. The van der Waals surface area contributed by atoms with Crippen molar-refractivity contribution in [2.24, 2.45) is 0 Å². The molecule has 6 nitrogen and oxygen atoms in total. The van der Waals surface area contributed by atoms with Gasteiger partial charge in [-0.1, -0.05) is 11.6 Å². The number of hydrogen-bond donors (Lipinski definition) is 2. The highest BCUT2D eigenvalue weighted by Gasteiger charge is 2.19. The Balaban J connectivity index is 2.31. The maximum Gasteiger partial charge on any atom is 0.161 e. The Morgan fingerprint density at radius 3 is 2.68 bits per heavy atom. The van der Waals surface area contributed by atoms with Crippen molar-refractivity contribution in [1.29, 1.82) is 5.26 Å². The van der Waals surface area contributed by atoms with Gasteiger partial charge in [0.1, 0.15) is 17.5 Å². The highest BCUT2D eigenvalue weighted by Crippen LogP contribution is 2.41. The molecule has 1 aromatic carbocycles. The number of rotatable bonds is 3. The molecule has 0 bridgehead atoms. The van der Waals surface area contributed by atoms with Gasteiger partial charge in [-0.15, -0.1) is 11.3 Å². The molecule has 2 aromatic heterocycles. The molecule has 0 saturated carbocycles. The number of phenolic OH excluding ortho intramolecular Hbond substituents is 1. The summed E-state index contributed by atoms with van der Waals surface area (Å²) in [6.45, 7) is 1.87. The molecule has 2 heterocycles. The number of phenols is 1. The van der Waals surface area contributed by atoms with Crippen LogP contribution in [0.5, 0.6) is 11.5 Å². The molecule has 8 heteroatoms. The first-order valence-electron chi connectivity index (χ1n) is 7.14. The second-order valence-electron chi connectivity index (χ2n) is 5.20. The summed E-state index contributed by atoms with van der Waals surface area (Å²) in [5, 5.41) is 19.6. The molecular formula is C17H13ClN4O2S. The molecule has 0 radical (unpaired) electrons. The van der Waals surface area contributed by atoms with Gasteiger partial charge in [-0.3, -0.25) is 0 Å². The molecule has 0 fully saturated rings. The zero-order valence-electron chi connectivity index (χ0n) is 13.4. The SMILES string of the molecule is COc1cc(-c2cc(-c3scnc3C)nc(N)c2C#N)c(Cl)cc1O. The lowest BCUT2D eigenvalue weighted by molar-refractivity contribution is 0.373. The Hall–Kier alpha value is -2.82. The average molecular weight is 373 g/mol. The number of methoxy groups -OCH3 is 1. The molecule has 0 aliphatic carbocycles. The molecule has 0 saturated heterocycles. The number of nitriles is 1. The summed E-state index contributed by atoms with van der Waals surface area (Å²) in [5.41, 5.74) is 10.4. The maximum absolute atomic E-state index is 9.87. The van der Waals surface area contributed by atoms with Gasteiger partial charge < -0.3 is 15.6 Å². The number of anilines is 1. The fraction of sp³-hybridized carbons (Fsp3) is 0.118. The molecule has 3 aromatic rings. The van der Waals surface area contributed by atoms with Gasteiger partial charge in [0.05, 0.1) is 33.9 Å². The Morgan fingerprint density at radius 1 is 1.32 bits per heavy atom. The number of nitrogen functional groups attached to an aromatic ring is 1. The van der Waals surface area contributed by atoms with E-state index < -0.39 is 0 Å². The van der Waals surface area contributed by atoms with Crippen molar-refractivity contribution in [3.05, 3.63) is 40.0 Å². The van der Waals surface area contributed by atoms with E-state index in [1.807, 2.05) is 6.92 Å². The average Bonchev–Trinajstić information content (AvgIpc) is 3.00. The molecule has 3 N–H and O–H groups in total. The molecule has 0 amide bonds. The van der Waals surface area contributed by atoms with Gasteiger partial charge in [-0.25, -0.2) is 9.97 Å². The van der Waals surface area contributed by atoms with Crippen LogP contribution in [0.1, 0.15) is 11.3 Å². The van der Waals surface area contributed by atoms with E-state index in [0.717, 1.165) is 10.6 Å². The van der Waals surface area contributed by atoms with Gasteiger partial charge in [0.2, 0.25) is 0 Å². The number of nitrogens with zero attached hydrogens (tertiary/aromatic N) is 3. The number of benzene rings is 1. The van der Waals surface area contributed by atoms with Crippen molar-refractivity contribution in [2.45, 2.75) is 6.92 Å². The Labute approximate surface area is 153 Å². The third-order valence-electron chi connectivity index (χ3n) is 3.70. The minimum absolute atomic E-state index is 0.0877. The summed E-state index contributed by atoms with van der Waals surface area (Å²) in [5.74, 6) is 0.260. The lowest BCUT2D eigenvalue weighted by Gasteiger charge is -2.13. The summed E-state index contributed by atoms with van der Waals surface area (Å²) in [6, 6.07) is 6.74. The highest BCUT2D eigenvalue weighted by molar-refractivity contribution is 7.13. The first-order chi connectivity index (χ1) is 12.0. The van der Waals surface area contributed by atoms with Crippen LogP contribution in [0.25, 0.3) is 21.7 Å². The van der Waals surface area contributed by atoms with Gasteiger partial charge in [-0.2, -0.15) is 5.26 Å². The van der Waals surface area contributed by atoms with Crippen molar-refractivity contribution in [3.8, 4) is 39.3 Å². The quantitative estimate of drug-likeness (QED) is 0.719. The van der Waals surface area contributed by atoms with Crippen LogP contribution < -0.4 is 10.5 Å². The van der Waals surface area contributed by atoms with Gasteiger partial charge in [0.15, 0.2) is 11.5 Å². The first-order valence-corrected chi connectivity index (χ1v) is 8.40. The number of thiazole rings is 1. The van der Waals surface area contributed by atoms with Gasteiger partial charge >= 0.3 is 0 Å². The van der Waals surface area contributed by atoms with Crippen LogP contribution in [-0.4, -0.2) is 22.2 Å². The predicted octanol–water partition coefficient (Wildman–Crippen LogP) is 4.00. The normalized spacial score (nSPS) is 10.5. The van der Waals surface area contributed by atoms with Gasteiger partial charge in [0.25, 0.3) is 0 Å². The van der Waals surface area contributed by atoms with Crippen LogP contribution in [0.3, 0.4) is 0 Å². The van der Waals surface area contributed by atoms with E-state index in [2.05, 4.69) is 16.0 Å². The molecule has 0 aliphatic heterocycles. The molecule has 0 unspecified atom stereocenters. The fourth-order valence-corrected chi connectivity index (χ4v) is 3.50. The van der Waals surface area contributed by atoms with E-state index in [1.165, 1.54) is 24.5 Å². The van der Waals surface area contributed by atoms with Crippen LogP contribution in [0.2, 0.25) is 5.02 Å². The summed E-state index contributed by atoms with van der Waals surface area (Å²) >= 11 is 7.72. The van der Waals surface area contributed by atoms with E-state index in [4.69, 9.17) is 22.1 Å². The summed E-state index contributed by atoms with van der Waals surface area (Å²) in [4.78, 5) is 9.40. The van der Waals surface area contributed by atoms with E-state index in [9.17, 15) is 10.4 Å². The second-order valence-corrected chi connectivity index (χ2v) is 6.46. The summed E-state index contributed by atoms with van der Waals surface area (Å²) in [7, 11) is 1.44. The molecule has 126 valence electrons. The minimum atomic E-state index is -0.0877. The third kappa shape index (κ3) is 2.97. The molecule has 25 heavy (non-hydrogen) atoms. The number of pyridine rings is 1. The predicted molar refractivity (Wildman–Crippen MR) is 97.9 cm³/mol. The van der Waals surface area contributed by atoms with Crippen LogP contribution in [0.4, 0.5) is 5.82 Å². The smallest absolute Gasteiger partial charge is 0.161 e. The monoisotopic (exact) mass is 372 g/mol. The van der Waals surface area contributed by atoms with E-state index >= 15 is 0 Å². The minimum Gasteiger partial charge on any atom is -0.504 e. The number of hydrogen-bond acceptors (Lipinski definition) is 7. The van der Waals surface area contributed by atoms with Crippen LogP contribution in [-0.2, 0) is 0 Å². The molecule has 3 rings (SSSR count). The molecule has 0 aliphatic rings. The maximum atomic E-state index is 9.87. The van der Waals surface area contributed by atoms with Crippen molar-refractivity contribution in [3.63, 3.8) is 0 Å². The standard InChI is InChI=1S/C17H13ClN4O2S/c1-8-16(25-7-21-8)13-3-9(11(6-19)17(20)22-13)10-4-15(24-2)14(23)5-12(10)18/h3-5,7,23H,1-2H3,(H2,20,22). The zero-order chi connectivity index (χ0) is 18.1. The molecule has 0 spiro atoms. The van der Waals surface area contributed by atoms with Crippen LogP contribution >= 0.6 is 22.9 Å². The van der Waals surface area contributed by atoms with Crippen molar-refractivity contribution in [1.82, 2.24) is 9.97 Å².